The van der Waals surface area contributed by atoms with Gasteiger partial charge < -0.3 is 14.2 Å². The minimum atomic E-state index is -0.445. The fraction of sp³-hybridized carbons (Fsp3) is 0.391. The van der Waals surface area contributed by atoms with E-state index in [1.807, 2.05) is 29.4 Å². The first-order valence-corrected chi connectivity index (χ1v) is 10.6. The lowest BCUT2D eigenvalue weighted by molar-refractivity contribution is 0.0525. The van der Waals surface area contributed by atoms with Crippen molar-refractivity contribution in [2.45, 2.75) is 51.2 Å². The van der Waals surface area contributed by atoms with E-state index in [1.54, 1.807) is 13.0 Å². The summed E-state index contributed by atoms with van der Waals surface area (Å²) in [4.78, 5) is 36.3. The van der Waals surface area contributed by atoms with E-state index in [9.17, 15) is 9.59 Å². The molecular formula is C23H24N4O3. The van der Waals surface area contributed by atoms with Crippen molar-refractivity contribution in [2.75, 3.05) is 6.61 Å². The number of imidazole rings is 1. The molecule has 0 unspecified atom stereocenters. The Morgan fingerprint density at radius 2 is 1.97 bits per heavy atom. The number of rotatable bonds is 4. The Kier molecular flexibility index (Phi) is 4.73. The Hall–Kier alpha value is -3.22. The van der Waals surface area contributed by atoms with Crippen LogP contribution in [0.4, 0.5) is 0 Å². The van der Waals surface area contributed by atoms with Gasteiger partial charge in [-0.05, 0) is 38.0 Å². The van der Waals surface area contributed by atoms with Crippen molar-refractivity contribution in [1.29, 1.82) is 0 Å². The predicted octanol–water partition coefficient (Wildman–Crippen LogP) is 3.75. The second-order valence-corrected chi connectivity index (χ2v) is 7.93. The summed E-state index contributed by atoms with van der Waals surface area (Å²) in [5.41, 5.74) is 3.64. The molecule has 0 N–H and O–H groups in total. The first-order valence-electron chi connectivity index (χ1n) is 10.6. The zero-order valence-corrected chi connectivity index (χ0v) is 17.0. The van der Waals surface area contributed by atoms with E-state index < -0.39 is 5.97 Å². The van der Waals surface area contributed by atoms with Gasteiger partial charge in [0.2, 0.25) is 0 Å². The number of pyridine rings is 1. The Labute approximate surface area is 174 Å². The predicted molar refractivity (Wildman–Crippen MR) is 111 cm³/mol. The van der Waals surface area contributed by atoms with E-state index in [1.165, 1.54) is 6.20 Å². The molecular weight excluding hydrogens is 380 g/mol. The third kappa shape index (κ3) is 3.05. The molecule has 1 aliphatic carbocycles. The fourth-order valence-electron chi connectivity index (χ4n) is 4.81. The second-order valence-electron chi connectivity index (χ2n) is 7.93. The van der Waals surface area contributed by atoms with Crippen molar-refractivity contribution in [3.63, 3.8) is 0 Å². The molecule has 1 aliphatic heterocycles. The van der Waals surface area contributed by atoms with Gasteiger partial charge in [0.1, 0.15) is 0 Å². The number of esters is 1. The summed E-state index contributed by atoms with van der Waals surface area (Å²) < 4.78 is 7.29. The van der Waals surface area contributed by atoms with Crippen LogP contribution in [0, 0.1) is 0 Å². The third-order valence-corrected chi connectivity index (χ3v) is 6.23. The summed E-state index contributed by atoms with van der Waals surface area (Å²) >= 11 is 0. The topological polar surface area (TPSA) is 77.3 Å². The van der Waals surface area contributed by atoms with Crippen molar-refractivity contribution in [1.82, 2.24) is 19.4 Å². The van der Waals surface area contributed by atoms with Crippen LogP contribution in [0.15, 0.2) is 42.9 Å². The highest BCUT2D eigenvalue weighted by molar-refractivity contribution is 6.00. The first kappa shape index (κ1) is 18.8. The average Bonchev–Trinajstić information content (AvgIpc) is 3.35. The lowest BCUT2D eigenvalue weighted by Gasteiger charge is -2.38. The van der Waals surface area contributed by atoms with Crippen molar-refractivity contribution in [2.24, 2.45) is 0 Å². The van der Waals surface area contributed by atoms with Crippen LogP contribution in [-0.4, -0.2) is 44.0 Å². The van der Waals surface area contributed by atoms with Crippen LogP contribution in [0.3, 0.4) is 0 Å². The highest BCUT2D eigenvalue weighted by Crippen LogP contribution is 2.37. The first-order chi connectivity index (χ1) is 14.7. The number of fused-ring (bicyclic) bond motifs is 2. The van der Waals surface area contributed by atoms with Crippen molar-refractivity contribution < 1.29 is 14.3 Å². The number of para-hydroxylation sites is 2. The molecule has 2 aromatic heterocycles. The molecule has 1 amide bonds. The molecule has 5 rings (SSSR count). The number of amides is 1. The van der Waals surface area contributed by atoms with Crippen LogP contribution < -0.4 is 0 Å². The molecule has 1 saturated carbocycles. The molecule has 1 fully saturated rings. The number of benzene rings is 1. The molecule has 3 heterocycles. The van der Waals surface area contributed by atoms with E-state index in [2.05, 4.69) is 20.6 Å². The SMILES string of the molecule is CCOC(=O)c1cnc2c(c1)C(=O)N([C@@H]1CCCC[C@H]1n1cnc3ccccc31)C2. The molecule has 0 spiro atoms. The molecule has 30 heavy (non-hydrogen) atoms. The molecule has 2 aliphatic rings. The summed E-state index contributed by atoms with van der Waals surface area (Å²) in [7, 11) is 0. The summed E-state index contributed by atoms with van der Waals surface area (Å²) in [6.45, 7) is 2.53. The summed E-state index contributed by atoms with van der Waals surface area (Å²) in [5.74, 6) is -0.496. The lowest BCUT2D eigenvalue weighted by Crippen LogP contribution is -2.43. The van der Waals surface area contributed by atoms with Crippen LogP contribution in [0.2, 0.25) is 0 Å². The molecule has 0 bridgehead atoms. The maximum atomic E-state index is 13.3. The van der Waals surface area contributed by atoms with Gasteiger partial charge in [0.25, 0.3) is 5.91 Å². The molecule has 0 radical (unpaired) electrons. The van der Waals surface area contributed by atoms with E-state index in [4.69, 9.17) is 4.74 Å². The van der Waals surface area contributed by atoms with Crippen molar-refractivity contribution >= 4 is 22.9 Å². The monoisotopic (exact) mass is 404 g/mol. The van der Waals surface area contributed by atoms with Gasteiger partial charge in [0, 0.05) is 6.20 Å². The Morgan fingerprint density at radius 3 is 2.80 bits per heavy atom. The zero-order valence-electron chi connectivity index (χ0n) is 17.0. The maximum Gasteiger partial charge on any atom is 0.339 e. The van der Waals surface area contributed by atoms with Gasteiger partial charge in [-0.1, -0.05) is 25.0 Å². The normalized spacial score (nSPS) is 21.1. The molecule has 3 aromatic rings. The standard InChI is InChI=1S/C23H24N4O3/c1-2-30-23(29)15-11-16-18(24-12-15)13-26(22(16)28)20-9-5-6-10-21(20)27-14-25-17-7-3-4-8-19(17)27/h3-4,7-8,11-12,14,20-21H,2,5-6,9-10,13H2,1H3/t20-,21-/m1/s1. The van der Waals surface area contributed by atoms with Crippen molar-refractivity contribution in [3.05, 3.63) is 59.7 Å². The molecule has 7 heteroatoms. The highest BCUT2D eigenvalue weighted by atomic mass is 16.5. The van der Waals surface area contributed by atoms with E-state index in [0.29, 0.717) is 24.3 Å². The molecule has 7 nitrogen and oxygen atoms in total. The molecule has 0 saturated heterocycles. The summed E-state index contributed by atoms with van der Waals surface area (Å²) in [6.07, 6.45) is 7.59. The van der Waals surface area contributed by atoms with Gasteiger partial charge in [0.05, 0.1) is 59.4 Å². The fourth-order valence-corrected chi connectivity index (χ4v) is 4.81. The number of aromatic nitrogens is 3. The highest BCUT2D eigenvalue weighted by Gasteiger charge is 2.40. The number of hydrogen-bond acceptors (Lipinski definition) is 5. The van der Waals surface area contributed by atoms with Gasteiger partial charge in [-0.3, -0.25) is 9.78 Å². The molecule has 1 aromatic carbocycles. The molecule has 2 atom stereocenters. The van der Waals surface area contributed by atoms with Crippen LogP contribution in [-0.2, 0) is 11.3 Å². The van der Waals surface area contributed by atoms with Gasteiger partial charge in [-0.25, -0.2) is 9.78 Å². The molecule has 154 valence electrons. The Bertz CT molecular complexity index is 1120. The van der Waals surface area contributed by atoms with Gasteiger partial charge in [-0.2, -0.15) is 0 Å². The Balaban J connectivity index is 1.46. The lowest BCUT2D eigenvalue weighted by atomic mass is 9.88. The summed E-state index contributed by atoms with van der Waals surface area (Å²) in [6, 6.07) is 10.00. The minimum absolute atomic E-state index is 0.0510. The smallest absolute Gasteiger partial charge is 0.339 e. The zero-order chi connectivity index (χ0) is 20.7. The van der Waals surface area contributed by atoms with E-state index >= 15 is 0 Å². The summed E-state index contributed by atoms with van der Waals surface area (Å²) in [5, 5.41) is 0. The van der Waals surface area contributed by atoms with Gasteiger partial charge in [-0.15, -0.1) is 0 Å². The van der Waals surface area contributed by atoms with E-state index in [-0.39, 0.29) is 18.0 Å². The second kappa shape index (κ2) is 7.55. The maximum absolute atomic E-state index is 13.3. The number of carbonyl (C=O) groups is 2. The number of carbonyl (C=O) groups excluding carboxylic acids is 2. The van der Waals surface area contributed by atoms with Gasteiger partial charge in [0.15, 0.2) is 0 Å². The average molecular weight is 404 g/mol. The van der Waals surface area contributed by atoms with Gasteiger partial charge >= 0.3 is 5.97 Å². The Morgan fingerprint density at radius 1 is 1.17 bits per heavy atom. The van der Waals surface area contributed by atoms with Crippen molar-refractivity contribution in [3.8, 4) is 0 Å². The van der Waals surface area contributed by atoms with Crippen LogP contribution >= 0.6 is 0 Å². The number of hydrogen-bond donors (Lipinski definition) is 0. The number of ether oxygens (including phenoxy) is 1. The van der Waals surface area contributed by atoms with Crippen LogP contribution in [0.25, 0.3) is 11.0 Å². The quantitative estimate of drug-likeness (QED) is 0.619. The van der Waals surface area contributed by atoms with Crippen LogP contribution in [0.5, 0.6) is 0 Å². The minimum Gasteiger partial charge on any atom is -0.462 e. The number of nitrogens with zero attached hydrogens (tertiary/aromatic N) is 4. The van der Waals surface area contributed by atoms with E-state index in [0.717, 1.165) is 42.4 Å². The van der Waals surface area contributed by atoms with Crippen LogP contribution in [0.1, 0.15) is 65.1 Å². The largest absolute Gasteiger partial charge is 0.462 e. The third-order valence-electron chi connectivity index (χ3n) is 6.23.